The minimum atomic E-state index is -4.56. The van der Waals surface area contributed by atoms with E-state index in [2.05, 4.69) is 36.0 Å². The second-order valence-electron chi connectivity index (χ2n) is 10.0. The van der Waals surface area contributed by atoms with Crippen molar-refractivity contribution in [3.05, 3.63) is 75.2 Å². The Labute approximate surface area is 256 Å². The Morgan fingerprint density at radius 2 is 1.91 bits per heavy atom. The number of anilines is 3. The van der Waals surface area contributed by atoms with E-state index in [1.807, 2.05) is 19.2 Å². The number of aryl methyl sites for hydroxylation is 2. The minimum Gasteiger partial charge on any atom is -0.379 e. The van der Waals surface area contributed by atoms with Crippen LogP contribution < -0.4 is 10.2 Å². The predicted octanol–water partition coefficient (Wildman–Crippen LogP) is 5.62. The standard InChI is InChI=1S/C28H24F4N8O2S2/c1-14-23(44-15(2)35-14)19-13-43-27(36-19)38-22-7-6-17(24(29)37-22)25(41)39-8-4-5-20-18(11-39)21(42-3)12-40(20)26-33-9-16(10-34-26)28(30,31)32/h4,6-7,9-10,13,18,21H,8,11-12H2,1-3H3,(H,36,37,38)/t18-,21?/m1/s1. The summed E-state index contributed by atoms with van der Waals surface area (Å²) in [6, 6.07) is 2.87. The molecule has 4 aromatic heterocycles. The van der Waals surface area contributed by atoms with Gasteiger partial charge in [-0.1, -0.05) is 0 Å². The Morgan fingerprint density at radius 3 is 2.57 bits per heavy atom. The first-order valence-corrected chi connectivity index (χ1v) is 15.0. The summed E-state index contributed by atoms with van der Waals surface area (Å²) in [5.41, 5.74) is 4.16. The third kappa shape index (κ3) is 5.80. The molecule has 1 saturated heterocycles. The molecule has 0 aromatic carbocycles. The molecular weight excluding hydrogens is 620 g/mol. The lowest BCUT2D eigenvalue weighted by Crippen LogP contribution is -2.38. The molecule has 0 bridgehead atoms. The van der Waals surface area contributed by atoms with Gasteiger partial charge in [-0.05, 0) is 32.1 Å². The molecule has 0 spiro atoms. The number of aromatic nitrogens is 5. The number of hydrogen-bond acceptors (Lipinski definition) is 11. The quantitative estimate of drug-likeness (QED) is 0.163. The van der Waals surface area contributed by atoms with Crippen molar-refractivity contribution in [3.8, 4) is 10.6 Å². The summed E-state index contributed by atoms with van der Waals surface area (Å²) in [6.07, 6.45) is -1.96. The zero-order valence-corrected chi connectivity index (χ0v) is 25.1. The minimum absolute atomic E-state index is 0.0567. The summed E-state index contributed by atoms with van der Waals surface area (Å²) >= 11 is 2.88. The number of halogens is 4. The van der Waals surface area contributed by atoms with Crippen molar-refractivity contribution in [2.75, 3.05) is 37.0 Å². The largest absolute Gasteiger partial charge is 0.419 e. The average molecular weight is 645 g/mol. The summed E-state index contributed by atoms with van der Waals surface area (Å²) in [5.74, 6) is -1.68. The van der Waals surface area contributed by atoms with Gasteiger partial charge in [-0.2, -0.15) is 17.6 Å². The zero-order chi connectivity index (χ0) is 31.2. The number of ether oxygens (including phenoxy) is 1. The van der Waals surface area contributed by atoms with Gasteiger partial charge in [-0.3, -0.25) is 4.79 Å². The van der Waals surface area contributed by atoms with E-state index in [-0.39, 0.29) is 37.0 Å². The van der Waals surface area contributed by atoms with Crippen LogP contribution in [0.5, 0.6) is 0 Å². The predicted molar refractivity (Wildman–Crippen MR) is 156 cm³/mol. The molecule has 10 nitrogen and oxygen atoms in total. The lowest BCUT2D eigenvalue weighted by Gasteiger charge is -2.26. The van der Waals surface area contributed by atoms with Crippen LogP contribution in [0.3, 0.4) is 0 Å². The number of hydrogen-bond donors (Lipinski definition) is 1. The van der Waals surface area contributed by atoms with Crippen molar-refractivity contribution in [2.45, 2.75) is 26.1 Å². The Balaban J connectivity index is 1.16. The number of amides is 1. The molecule has 6 rings (SSSR count). The molecule has 2 atom stereocenters. The van der Waals surface area contributed by atoms with Gasteiger partial charge in [-0.15, -0.1) is 28.4 Å². The number of pyridine rings is 1. The van der Waals surface area contributed by atoms with Crippen LogP contribution >= 0.6 is 22.7 Å². The molecule has 1 N–H and O–H groups in total. The van der Waals surface area contributed by atoms with Gasteiger partial charge in [0.05, 0.1) is 56.7 Å². The summed E-state index contributed by atoms with van der Waals surface area (Å²) in [6.45, 7) is 4.35. The van der Waals surface area contributed by atoms with Crippen LogP contribution in [-0.2, 0) is 10.9 Å². The van der Waals surface area contributed by atoms with Crippen molar-refractivity contribution in [1.82, 2.24) is 29.8 Å². The Morgan fingerprint density at radius 1 is 1.14 bits per heavy atom. The molecule has 0 radical (unpaired) electrons. The van der Waals surface area contributed by atoms with Gasteiger partial charge >= 0.3 is 6.18 Å². The third-order valence-electron chi connectivity index (χ3n) is 7.18. The van der Waals surface area contributed by atoms with Gasteiger partial charge in [0.2, 0.25) is 11.9 Å². The Kier molecular flexibility index (Phi) is 7.92. The van der Waals surface area contributed by atoms with Gasteiger partial charge in [0.25, 0.3) is 5.91 Å². The van der Waals surface area contributed by atoms with E-state index in [1.165, 1.54) is 35.5 Å². The number of thiazole rings is 2. The maximum atomic E-state index is 15.2. The molecule has 228 valence electrons. The van der Waals surface area contributed by atoms with E-state index >= 15 is 4.39 Å². The number of carbonyl (C=O) groups excluding carboxylic acids is 1. The van der Waals surface area contributed by atoms with E-state index in [9.17, 15) is 18.0 Å². The number of carbonyl (C=O) groups is 1. The highest BCUT2D eigenvalue weighted by Crippen LogP contribution is 2.36. The van der Waals surface area contributed by atoms with Crippen molar-refractivity contribution < 1.29 is 27.1 Å². The first-order valence-electron chi connectivity index (χ1n) is 13.3. The molecule has 1 amide bonds. The maximum absolute atomic E-state index is 15.2. The van der Waals surface area contributed by atoms with Crippen molar-refractivity contribution in [1.29, 1.82) is 0 Å². The highest BCUT2D eigenvalue weighted by Gasteiger charge is 2.42. The van der Waals surface area contributed by atoms with E-state index in [0.29, 0.717) is 10.8 Å². The first-order chi connectivity index (χ1) is 21.0. The fourth-order valence-corrected chi connectivity index (χ4v) is 6.76. The van der Waals surface area contributed by atoms with Crippen LogP contribution in [0, 0.1) is 25.7 Å². The van der Waals surface area contributed by atoms with Crippen LogP contribution in [0.4, 0.5) is 34.5 Å². The van der Waals surface area contributed by atoms with Crippen molar-refractivity contribution >= 4 is 45.5 Å². The second-order valence-corrected chi connectivity index (χ2v) is 12.1. The number of nitrogens with one attached hydrogen (secondary N) is 1. The maximum Gasteiger partial charge on any atom is 0.419 e. The third-order valence-corrected chi connectivity index (χ3v) is 9.04. The molecule has 2 aliphatic heterocycles. The molecule has 2 aliphatic rings. The van der Waals surface area contributed by atoms with E-state index in [1.54, 1.807) is 22.3 Å². The van der Waals surface area contributed by atoms with E-state index in [4.69, 9.17) is 4.74 Å². The SMILES string of the molecule is COC1CN(c2ncc(C(F)(F)F)cn2)C2=C=CCN(C(=O)c3ccc(Nc4nc(-c5sc(C)nc5C)cs4)nc3F)C[C@H]21. The molecule has 4 aromatic rings. The van der Waals surface area contributed by atoms with Gasteiger partial charge in [0.1, 0.15) is 5.82 Å². The monoisotopic (exact) mass is 644 g/mol. The number of fused-ring (bicyclic) bond motifs is 1. The number of methoxy groups -OCH3 is 1. The number of nitrogens with zero attached hydrogens (tertiary/aromatic N) is 7. The van der Waals surface area contributed by atoms with Gasteiger partial charge in [0.15, 0.2) is 5.13 Å². The molecule has 0 saturated carbocycles. The smallest absolute Gasteiger partial charge is 0.379 e. The lowest BCUT2D eigenvalue weighted by molar-refractivity contribution is -0.138. The van der Waals surface area contributed by atoms with Crippen LogP contribution in [0.15, 0.2) is 47.4 Å². The zero-order valence-electron chi connectivity index (χ0n) is 23.5. The highest BCUT2D eigenvalue weighted by molar-refractivity contribution is 7.16. The molecule has 44 heavy (non-hydrogen) atoms. The first kappa shape index (κ1) is 29.8. The summed E-state index contributed by atoms with van der Waals surface area (Å²) < 4.78 is 59.9. The molecular formula is C28H24F4N8O2S2. The number of alkyl halides is 3. The number of rotatable bonds is 6. The topological polar surface area (TPSA) is 109 Å². The van der Waals surface area contributed by atoms with Crippen LogP contribution in [0.1, 0.15) is 26.6 Å². The van der Waals surface area contributed by atoms with E-state index < -0.39 is 35.6 Å². The normalized spacial score (nSPS) is 18.3. The molecule has 1 unspecified atom stereocenters. The van der Waals surface area contributed by atoms with Gasteiger partial charge in [-0.25, -0.2) is 24.9 Å². The molecule has 16 heteroatoms. The fraction of sp³-hybridized carbons (Fsp3) is 0.321. The summed E-state index contributed by atoms with van der Waals surface area (Å²) in [4.78, 5) is 38.3. The Hall–Kier alpha value is -4.24. The van der Waals surface area contributed by atoms with Crippen molar-refractivity contribution in [3.63, 3.8) is 0 Å². The molecule has 6 heterocycles. The lowest BCUT2D eigenvalue weighted by atomic mass is 10.0. The van der Waals surface area contributed by atoms with Crippen LogP contribution in [0.25, 0.3) is 10.6 Å². The van der Waals surface area contributed by atoms with Gasteiger partial charge < -0.3 is 19.9 Å². The highest BCUT2D eigenvalue weighted by atomic mass is 32.1. The van der Waals surface area contributed by atoms with Gasteiger partial charge in [0, 0.05) is 38.0 Å². The summed E-state index contributed by atoms with van der Waals surface area (Å²) in [7, 11) is 1.50. The Bertz CT molecular complexity index is 1780. The summed E-state index contributed by atoms with van der Waals surface area (Å²) in [5, 5.41) is 6.33. The average Bonchev–Trinajstić information content (AvgIpc) is 3.63. The van der Waals surface area contributed by atoms with E-state index in [0.717, 1.165) is 33.7 Å². The fourth-order valence-electron chi connectivity index (χ4n) is 5.09. The van der Waals surface area contributed by atoms with Crippen LogP contribution in [0.2, 0.25) is 0 Å². The van der Waals surface area contributed by atoms with Crippen molar-refractivity contribution in [2.24, 2.45) is 5.92 Å². The molecule has 0 aliphatic carbocycles. The second kappa shape index (κ2) is 11.7. The van der Waals surface area contributed by atoms with Crippen LogP contribution in [-0.4, -0.2) is 68.6 Å². The molecule has 1 fully saturated rings.